The van der Waals surface area contributed by atoms with Crippen molar-refractivity contribution >= 4 is 16.0 Å². The van der Waals surface area contributed by atoms with Crippen molar-refractivity contribution in [1.29, 1.82) is 0 Å². The first kappa shape index (κ1) is 29.7. The molecule has 0 spiro atoms. The number of nitrogens with zero attached hydrogens (tertiary/aromatic N) is 6. The monoisotopic (exact) mass is 583 g/mol. The number of benzene rings is 1. The number of anilines is 1. The number of ether oxygens (including phenoxy) is 4. The molecule has 0 saturated carbocycles. The number of methoxy groups -OCH3 is 3. The molecule has 0 saturated heterocycles. The molecule has 4 rings (SSSR count). The van der Waals surface area contributed by atoms with Gasteiger partial charge in [0.15, 0.2) is 5.82 Å². The fraction of sp³-hybridized carbons (Fsp3) is 0.370. The average Bonchev–Trinajstić information content (AvgIpc) is 3.37. The van der Waals surface area contributed by atoms with E-state index in [9.17, 15) is 8.42 Å². The number of nitrogens with one attached hydrogen (secondary N) is 1. The predicted octanol–water partition coefficient (Wildman–Crippen LogP) is 3.75. The normalized spacial score (nSPS) is 13.1. The fourth-order valence-corrected chi connectivity index (χ4v) is 5.26. The summed E-state index contributed by atoms with van der Waals surface area (Å²) < 4.78 is 54.3. The molecule has 1 N–H and O–H groups in total. The van der Waals surface area contributed by atoms with Gasteiger partial charge < -0.3 is 18.9 Å². The van der Waals surface area contributed by atoms with Gasteiger partial charge >= 0.3 is 0 Å². The Balaban J connectivity index is 1.83. The highest BCUT2D eigenvalue weighted by Gasteiger charge is 2.35. The second kappa shape index (κ2) is 12.5. The Morgan fingerprint density at radius 2 is 1.61 bits per heavy atom. The topological polar surface area (TPSA) is 152 Å². The van der Waals surface area contributed by atoms with Crippen molar-refractivity contribution in [2.75, 3.05) is 26.1 Å². The smallest absolute Gasteiger partial charge is 0.243 e. The molecule has 14 heteroatoms. The third-order valence-electron chi connectivity index (χ3n) is 6.14. The van der Waals surface area contributed by atoms with Gasteiger partial charge in [0.1, 0.15) is 28.5 Å². The highest BCUT2D eigenvalue weighted by molar-refractivity contribution is 7.93. The van der Waals surface area contributed by atoms with E-state index in [1.54, 1.807) is 30.6 Å². The number of aromatic nitrogens is 6. The third kappa shape index (κ3) is 6.38. The van der Waals surface area contributed by atoms with Gasteiger partial charge in [-0.2, -0.15) is 0 Å². The van der Waals surface area contributed by atoms with Gasteiger partial charge in [0, 0.05) is 18.0 Å². The zero-order valence-electron chi connectivity index (χ0n) is 23.9. The fourth-order valence-electron chi connectivity index (χ4n) is 4.15. The van der Waals surface area contributed by atoms with Crippen LogP contribution in [0.2, 0.25) is 0 Å². The summed E-state index contributed by atoms with van der Waals surface area (Å²) in [6, 6.07) is 7.08. The Hall–Kier alpha value is -4.30. The van der Waals surface area contributed by atoms with Crippen LogP contribution in [0.3, 0.4) is 0 Å². The highest BCUT2D eigenvalue weighted by atomic mass is 32.2. The van der Waals surface area contributed by atoms with E-state index < -0.39 is 21.4 Å². The first-order valence-corrected chi connectivity index (χ1v) is 14.3. The predicted molar refractivity (Wildman–Crippen MR) is 152 cm³/mol. The minimum Gasteiger partial charge on any atom is -0.494 e. The lowest BCUT2D eigenvalue weighted by molar-refractivity contribution is 0.00390. The molecule has 0 amide bonds. The Labute approximate surface area is 239 Å². The Kier molecular flexibility index (Phi) is 9.03. The quantitative estimate of drug-likeness (QED) is 0.259. The van der Waals surface area contributed by atoms with E-state index in [0.717, 1.165) is 5.56 Å². The molecule has 0 unspecified atom stereocenters. The summed E-state index contributed by atoms with van der Waals surface area (Å²) in [5, 5.41) is 7.44. The summed E-state index contributed by atoms with van der Waals surface area (Å²) in [5.41, 5.74) is 2.23. The molecule has 0 aliphatic carbocycles. The largest absolute Gasteiger partial charge is 0.494 e. The van der Waals surface area contributed by atoms with Gasteiger partial charge in [-0.05, 0) is 51.5 Å². The number of pyridine rings is 1. The van der Waals surface area contributed by atoms with E-state index in [1.807, 2.05) is 26.8 Å². The van der Waals surface area contributed by atoms with Crippen molar-refractivity contribution in [2.24, 2.45) is 0 Å². The third-order valence-corrected chi connectivity index (χ3v) is 7.83. The lowest BCUT2D eigenvalue weighted by Crippen LogP contribution is -2.34. The van der Waals surface area contributed by atoms with E-state index >= 15 is 0 Å². The molecule has 1 aromatic carbocycles. The summed E-state index contributed by atoms with van der Waals surface area (Å²) >= 11 is 0. The van der Waals surface area contributed by atoms with Crippen LogP contribution < -0.4 is 18.9 Å². The van der Waals surface area contributed by atoms with Crippen molar-refractivity contribution in [3.8, 4) is 34.5 Å². The highest BCUT2D eigenvalue weighted by Crippen LogP contribution is 2.38. The van der Waals surface area contributed by atoms with E-state index in [0.29, 0.717) is 40.1 Å². The second-order valence-corrected chi connectivity index (χ2v) is 11.4. The van der Waals surface area contributed by atoms with E-state index in [1.165, 1.54) is 45.2 Å². The maximum absolute atomic E-state index is 13.9. The van der Waals surface area contributed by atoms with Crippen LogP contribution in [0.5, 0.6) is 17.4 Å². The van der Waals surface area contributed by atoms with Crippen molar-refractivity contribution in [3.05, 3.63) is 60.3 Å². The molecule has 0 aliphatic heterocycles. The first-order chi connectivity index (χ1) is 19.6. The number of rotatable bonds is 12. The zero-order chi connectivity index (χ0) is 29.7. The molecule has 3 heterocycles. The van der Waals surface area contributed by atoms with Crippen LogP contribution in [-0.4, -0.2) is 70.8 Å². The molecular formula is C27H33N7O6S. The van der Waals surface area contributed by atoms with Gasteiger partial charge in [-0.15, -0.1) is 10.2 Å². The Morgan fingerprint density at radius 3 is 2.17 bits per heavy atom. The van der Waals surface area contributed by atoms with Crippen LogP contribution in [0.25, 0.3) is 17.1 Å². The number of hydrogen-bond donors (Lipinski definition) is 1. The minimum atomic E-state index is -4.16. The molecule has 13 nitrogen and oxygen atoms in total. The van der Waals surface area contributed by atoms with E-state index in [4.69, 9.17) is 18.9 Å². The van der Waals surface area contributed by atoms with Gasteiger partial charge in [-0.25, -0.2) is 13.4 Å². The molecule has 4 aromatic rings. The Morgan fingerprint density at radius 1 is 0.902 bits per heavy atom. The van der Waals surface area contributed by atoms with Crippen molar-refractivity contribution < 1.29 is 27.4 Å². The molecule has 0 bridgehead atoms. The van der Waals surface area contributed by atoms with Crippen LogP contribution in [0.1, 0.15) is 38.1 Å². The maximum atomic E-state index is 13.9. The average molecular weight is 584 g/mol. The molecule has 2 atom stereocenters. The SMILES string of the molecule is COc1cnc([C@@H](OC(C)C)[C@@H](C)S(=O)(=O)Nc2nnc(-c3cncc(C)c3)n2-c2c(OC)cccc2OC)cn1. The molecule has 0 aliphatic rings. The van der Waals surface area contributed by atoms with E-state index in [2.05, 4.69) is 29.9 Å². The maximum Gasteiger partial charge on any atom is 0.243 e. The molecule has 3 aromatic heterocycles. The summed E-state index contributed by atoms with van der Waals surface area (Å²) in [7, 11) is 0.318. The molecule has 0 fully saturated rings. The summed E-state index contributed by atoms with van der Waals surface area (Å²) in [4.78, 5) is 12.8. The van der Waals surface area contributed by atoms with Crippen LogP contribution in [-0.2, 0) is 14.8 Å². The van der Waals surface area contributed by atoms with Gasteiger partial charge in [0.05, 0.1) is 45.5 Å². The number of para-hydroxylation sites is 1. The van der Waals surface area contributed by atoms with E-state index in [-0.39, 0.29) is 12.1 Å². The van der Waals surface area contributed by atoms with Gasteiger partial charge in [0.2, 0.25) is 21.9 Å². The molecule has 0 radical (unpaired) electrons. The number of hydrogen-bond acceptors (Lipinski definition) is 11. The lowest BCUT2D eigenvalue weighted by Gasteiger charge is -2.26. The molecule has 41 heavy (non-hydrogen) atoms. The van der Waals surface area contributed by atoms with Gasteiger partial charge in [0.25, 0.3) is 0 Å². The zero-order valence-corrected chi connectivity index (χ0v) is 24.7. The molecule has 218 valence electrons. The second-order valence-electron chi connectivity index (χ2n) is 9.39. The summed E-state index contributed by atoms with van der Waals surface area (Å²) in [6.45, 7) is 7.03. The Bertz CT molecular complexity index is 1570. The van der Waals surface area contributed by atoms with Crippen LogP contribution in [0, 0.1) is 6.92 Å². The van der Waals surface area contributed by atoms with Crippen LogP contribution >= 0.6 is 0 Å². The van der Waals surface area contributed by atoms with Gasteiger partial charge in [-0.3, -0.25) is 19.3 Å². The van der Waals surface area contributed by atoms with Crippen LogP contribution in [0.15, 0.2) is 49.1 Å². The van der Waals surface area contributed by atoms with Gasteiger partial charge in [-0.1, -0.05) is 6.07 Å². The standard InChI is InChI=1S/C27H33N7O6S/c1-16(2)40-25(20-14-30-23(39-7)15-29-20)18(4)41(35,36)33-27-32-31-26(19-11-17(3)12-28-13-19)34(27)24-21(37-5)9-8-10-22(24)38-6/h8-16,18,25H,1-7H3,(H,32,33)/t18-,25+/m1/s1. The summed E-state index contributed by atoms with van der Waals surface area (Å²) in [5.74, 6) is 1.36. The minimum absolute atomic E-state index is 0.0831. The van der Waals surface area contributed by atoms with Crippen LogP contribution in [0.4, 0.5) is 5.95 Å². The lowest BCUT2D eigenvalue weighted by atomic mass is 10.2. The first-order valence-electron chi connectivity index (χ1n) is 12.7. The summed E-state index contributed by atoms with van der Waals surface area (Å²) in [6.07, 6.45) is 4.91. The van der Waals surface area contributed by atoms with Crippen molar-refractivity contribution in [2.45, 2.75) is 45.2 Å². The van der Waals surface area contributed by atoms with Crippen molar-refractivity contribution in [3.63, 3.8) is 0 Å². The van der Waals surface area contributed by atoms with Crippen molar-refractivity contribution in [1.82, 2.24) is 29.7 Å². The number of sulfonamides is 1. The number of aryl methyl sites for hydroxylation is 1. The molecular weight excluding hydrogens is 550 g/mol.